The highest BCUT2D eigenvalue weighted by atomic mass is 16.3. The first kappa shape index (κ1) is 12.7. The molecule has 0 saturated carbocycles. The monoisotopic (exact) mass is 184 g/mol. The van der Waals surface area contributed by atoms with Gasteiger partial charge in [0, 0.05) is 0 Å². The Hall–Kier alpha value is -0.300. The first-order valence-corrected chi connectivity index (χ1v) is 5.54. The molecule has 1 atom stereocenters. The Morgan fingerprint density at radius 2 is 1.69 bits per heavy atom. The summed E-state index contributed by atoms with van der Waals surface area (Å²) in [5.41, 5.74) is 0.982. The average molecular weight is 184 g/mol. The molecule has 0 radical (unpaired) electrons. The van der Waals surface area contributed by atoms with E-state index in [1.807, 2.05) is 0 Å². The quantitative estimate of drug-likeness (QED) is 0.451. The van der Waals surface area contributed by atoms with Crippen molar-refractivity contribution in [1.82, 2.24) is 0 Å². The van der Waals surface area contributed by atoms with Crippen molar-refractivity contribution in [3.63, 3.8) is 0 Å². The summed E-state index contributed by atoms with van der Waals surface area (Å²) in [5.74, 6) is 0. The van der Waals surface area contributed by atoms with Crippen LogP contribution in [0.3, 0.4) is 0 Å². The van der Waals surface area contributed by atoms with Crippen LogP contribution in [0.5, 0.6) is 0 Å². The summed E-state index contributed by atoms with van der Waals surface area (Å²) < 4.78 is 0. The second-order valence-electron chi connectivity index (χ2n) is 3.85. The van der Waals surface area contributed by atoms with E-state index in [9.17, 15) is 0 Å². The minimum absolute atomic E-state index is 0.323. The van der Waals surface area contributed by atoms with E-state index < -0.39 is 0 Å². The van der Waals surface area contributed by atoms with Crippen molar-refractivity contribution in [2.75, 3.05) is 0 Å². The van der Waals surface area contributed by atoms with Gasteiger partial charge in [-0.15, -0.1) is 0 Å². The molecule has 0 rings (SSSR count). The molecular formula is C12H24O. The molecule has 1 heteroatoms. The van der Waals surface area contributed by atoms with Crippen LogP contribution in [0.4, 0.5) is 0 Å². The van der Waals surface area contributed by atoms with Crippen LogP contribution in [0.25, 0.3) is 0 Å². The molecule has 0 aromatic rings. The Balaban J connectivity index is 3.12. The smallest absolute Gasteiger partial charge is 0.0719 e. The second kappa shape index (κ2) is 8.31. The molecule has 0 heterocycles. The highest BCUT2D eigenvalue weighted by molar-refractivity contribution is 4.99. The first-order chi connectivity index (χ1) is 6.18. The number of rotatable bonds is 8. The third-order valence-corrected chi connectivity index (χ3v) is 2.44. The van der Waals surface area contributed by atoms with Crippen molar-refractivity contribution in [3.05, 3.63) is 12.2 Å². The van der Waals surface area contributed by atoms with Crippen LogP contribution in [0, 0.1) is 0 Å². The largest absolute Gasteiger partial charge is 0.389 e. The van der Waals surface area contributed by atoms with Gasteiger partial charge in [0.15, 0.2) is 0 Å². The van der Waals surface area contributed by atoms with E-state index in [1.54, 1.807) is 6.92 Å². The number of unbranched alkanes of at least 4 members (excludes halogenated alkanes) is 5. The van der Waals surface area contributed by atoms with E-state index in [-0.39, 0.29) is 6.10 Å². The van der Waals surface area contributed by atoms with Gasteiger partial charge >= 0.3 is 0 Å². The molecular weight excluding hydrogens is 160 g/mol. The van der Waals surface area contributed by atoms with Gasteiger partial charge in [0.05, 0.1) is 6.10 Å². The van der Waals surface area contributed by atoms with Crippen LogP contribution in [0.2, 0.25) is 0 Å². The average Bonchev–Trinajstić information content (AvgIpc) is 2.10. The Bertz CT molecular complexity index is 127. The second-order valence-corrected chi connectivity index (χ2v) is 3.85. The van der Waals surface area contributed by atoms with Gasteiger partial charge in [0.25, 0.3) is 0 Å². The zero-order valence-corrected chi connectivity index (χ0v) is 9.18. The molecule has 0 aliphatic carbocycles. The lowest BCUT2D eigenvalue weighted by Gasteiger charge is -2.07. The molecule has 0 fully saturated rings. The zero-order chi connectivity index (χ0) is 10.1. The van der Waals surface area contributed by atoms with E-state index in [4.69, 9.17) is 5.11 Å². The summed E-state index contributed by atoms with van der Waals surface area (Å²) in [7, 11) is 0. The Kier molecular flexibility index (Phi) is 8.11. The lowest BCUT2D eigenvalue weighted by Crippen LogP contribution is -2.02. The maximum Gasteiger partial charge on any atom is 0.0719 e. The third kappa shape index (κ3) is 8.04. The maximum absolute atomic E-state index is 9.16. The molecule has 1 N–H and O–H groups in total. The van der Waals surface area contributed by atoms with Gasteiger partial charge < -0.3 is 5.11 Å². The predicted molar refractivity (Wildman–Crippen MR) is 58.8 cm³/mol. The summed E-state index contributed by atoms with van der Waals surface area (Å²) in [5, 5.41) is 9.16. The molecule has 0 aromatic carbocycles. The molecule has 1 nitrogen and oxygen atoms in total. The lowest BCUT2D eigenvalue weighted by molar-refractivity contribution is 0.227. The molecule has 0 aliphatic rings. The van der Waals surface area contributed by atoms with Gasteiger partial charge in [-0.2, -0.15) is 0 Å². The van der Waals surface area contributed by atoms with Gasteiger partial charge in [-0.1, -0.05) is 45.6 Å². The van der Waals surface area contributed by atoms with E-state index in [0.717, 1.165) is 12.0 Å². The number of hydrogen-bond donors (Lipinski definition) is 1. The van der Waals surface area contributed by atoms with Crippen LogP contribution in [0.1, 0.15) is 58.8 Å². The number of aliphatic hydroxyl groups is 1. The summed E-state index contributed by atoms with van der Waals surface area (Å²) in [4.78, 5) is 0. The molecule has 0 amide bonds. The van der Waals surface area contributed by atoms with Gasteiger partial charge in [-0.05, 0) is 25.3 Å². The maximum atomic E-state index is 9.16. The Labute approximate surface area is 82.9 Å². The van der Waals surface area contributed by atoms with Gasteiger partial charge in [0.1, 0.15) is 0 Å². The number of hydrogen-bond acceptors (Lipinski definition) is 1. The van der Waals surface area contributed by atoms with Gasteiger partial charge in [-0.25, -0.2) is 0 Å². The van der Waals surface area contributed by atoms with Gasteiger partial charge in [0.2, 0.25) is 0 Å². The summed E-state index contributed by atoms with van der Waals surface area (Å²) in [6, 6.07) is 0. The molecule has 0 aromatic heterocycles. The fourth-order valence-electron chi connectivity index (χ4n) is 1.34. The van der Waals surface area contributed by atoms with E-state index >= 15 is 0 Å². The molecule has 13 heavy (non-hydrogen) atoms. The molecule has 0 spiro atoms. The van der Waals surface area contributed by atoms with Crippen LogP contribution >= 0.6 is 0 Å². The molecule has 0 saturated heterocycles. The standard InChI is InChI=1S/C12H24O/c1-4-5-6-7-8-9-10-11(2)12(3)13/h12-13H,2,4-10H2,1,3H3. The van der Waals surface area contributed by atoms with Crippen LogP contribution in [-0.4, -0.2) is 11.2 Å². The predicted octanol–water partition coefficient (Wildman–Crippen LogP) is 3.67. The van der Waals surface area contributed by atoms with Crippen molar-refractivity contribution in [2.24, 2.45) is 0 Å². The number of aliphatic hydroxyl groups excluding tert-OH is 1. The Morgan fingerprint density at radius 3 is 2.23 bits per heavy atom. The fourth-order valence-corrected chi connectivity index (χ4v) is 1.34. The highest BCUT2D eigenvalue weighted by Gasteiger charge is 2.00. The van der Waals surface area contributed by atoms with Crippen LogP contribution in [-0.2, 0) is 0 Å². The summed E-state index contributed by atoms with van der Waals surface area (Å²) >= 11 is 0. The van der Waals surface area contributed by atoms with Crippen molar-refractivity contribution in [1.29, 1.82) is 0 Å². The summed E-state index contributed by atoms with van der Waals surface area (Å²) in [6.07, 6.45) is 8.50. The zero-order valence-electron chi connectivity index (χ0n) is 9.18. The van der Waals surface area contributed by atoms with Crippen molar-refractivity contribution >= 4 is 0 Å². The molecule has 0 bridgehead atoms. The first-order valence-electron chi connectivity index (χ1n) is 5.54. The van der Waals surface area contributed by atoms with E-state index in [0.29, 0.717) is 0 Å². The third-order valence-electron chi connectivity index (χ3n) is 2.44. The summed E-state index contributed by atoms with van der Waals surface area (Å²) in [6.45, 7) is 7.86. The SMILES string of the molecule is C=C(CCCCCCCC)C(C)O. The minimum atomic E-state index is -0.323. The van der Waals surface area contributed by atoms with Crippen LogP contribution in [0.15, 0.2) is 12.2 Å². The Morgan fingerprint density at radius 1 is 1.15 bits per heavy atom. The highest BCUT2D eigenvalue weighted by Crippen LogP contribution is 2.12. The molecule has 78 valence electrons. The van der Waals surface area contributed by atoms with E-state index in [2.05, 4.69) is 13.5 Å². The fraction of sp³-hybridized carbons (Fsp3) is 0.833. The van der Waals surface area contributed by atoms with Crippen molar-refractivity contribution in [3.8, 4) is 0 Å². The van der Waals surface area contributed by atoms with E-state index in [1.165, 1.54) is 38.5 Å². The van der Waals surface area contributed by atoms with Crippen molar-refractivity contribution in [2.45, 2.75) is 64.9 Å². The van der Waals surface area contributed by atoms with Crippen LogP contribution < -0.4 is 0 Å². The van der Waals surface area contributed by atoms with Gasteiger partial charge in [-0.3, -0.25) is 0 Å². The topological polar surface area (TPSA) is 20.2 Å². The van der Waals surface area contributed by atoms with Crippen molar-refractivity contribution < 1.29 is 5.11 Å². The normalized spacial score (nSPS) is 12.8. The minimum Gasteiger partial charge on any atom is -0.389 e. The lowest BCUT2D eigenvalue weighted by atomic mass is 10.0. The molecule has 1 unspecified atom stereocenters. The molecule has 0 aliphatic heterocycles.